The van der Waals surface area contributed by atoms with Crippen LogP contribution in [0.3, 0.4) is 0 Å². The number of nitrogens with one attached hydrogen (secondary N) is 1. The van der Waals surface area contributed by atoms with Crippen LogP contribution in [0, 0.1) is 0 Å². The quantitative estimate of drug-likeness (QED) is 0.721. The van der Waals surface area contributed by atoms with E-state index in [0.29, 0.717) is 17.5 Å². The molecule has 140 valence electrons. The van der Waals surface area contributed by atoms with Crippen LogP contribution in [0.2, 0.25) is 0 Å². The molecule has 0 saturated carbocycles. The fourth-order valence-electron chi connectivity index (χ4n) is 3.31. The highest BCUT2D eigenvalue weighted by atomic mass is 32.2. The Balaban J connectivity index is 1.46. The van der Waals surface area contributed by atoms with Crippen LogP contribution in [0.4, 0.5) is 0 Å². The predicted octanol–water partition coefficient (Wildman–Crippen LogP) is 1.59. The molecule has 27 heavy (non-hydrogen) atoms. The Labute approximate surface area is 157 Å². The summed E-state index contributed by atoms with van der Waals surface area (Å²) in [5.74, 6) is -0.186. The van der Waals surface area contributed by atoms with Crippen molar-refractivity contribution in [1.82, 2.24) is 19.9 Å². The van der Waals surface area contributed by atoms with Gasteiger partial charge in [0.1, 0.15) is 5.52 Å². The molecule has 0 radical (unpaired) electrons. The van der Waals surface area contributed by atoms with E-state index in [4.69, 9.17) is 0 Å². The van der Waals surface area contributed by atoms with Crippen molar-refractivity contribution < 1.29 is 13.2 Å². The number of fused-ring (bicyclic) bond motifs is 1. The van der Waals surface area contributed by atoms with Crippen LogP contribution < -0.4 is 5.32 Å². The Morgan fingerprint density at radius 1 is 1.22 bits per heavy atom. The molecular weight excluding hydrogens is 364 g/mol. The standard InChI is InChI=1S/C19H20N4O3S/c24-19(22-16-7-9-27(25,26)12-16)15-10-17-18(20-11-15)23(13-21-17)8-6-14-4-2-1-3-5-14/h1-5,10-11,13,16H,6-9,12H2,(H,22,24). The van der Waals surface area contributed by atoms with Gasteiger partial charge in [0.2, 0.25) is 0 Å². The first-order valence-corrected chi connectivity index (χ1v) is 10.7. The summed E-state index contributed by atoms with van der Waals surface area (Å²) in [5, 5.41) is 2.78. The van der Waals surface area contributed by atoms with Gasteiger partial charge >= 0.3 is 0 Å². The summed E-state index contributed by atoms with van der Waals surface area (Å²) in [6.07, 6.45) is 4.57. The van der Waals surface area contributed by atoms with Gasteiger partial charge in [0.25, 0.3) is 5.91 Å². The van der Waals surface area contributed by atoms with Crippen molar-refractivity contribution >= 4 is 26.9 Å². The van der Waals surface area contributed by atoms with Crippen molar-refractivity contribution in [2.24, 2.45) is 0 Å². The highest BCUT2D eigenvalue weighted by Crippen LogP contribution is 2.15. The van der Waals surface area contributed by atoms with Gasteiger partial charge in [0, 0.05) is 18.8 Å². The summed E-state index contributed by atoms with van der Waals surface area (Å²) in [5.41, 5.74) is 3.00. The van der Waals surface area contributed by atoms with Gasteiger partial charge in [-0.3, -0.25) is 4.79 Å². The second-order valence-corrected chi connectivity index (χ2v) is 9.04. The molecule has 1 amide bonds. The Hall–Kier alpha value is -2.74. The number of hydrogen-bond donors (Lipinski definition) is 1. The van der Waals surface area contributed by atoms with Crippen LogP contribution in [0.5, 0.6) is 0 Å². The first kappa shape index (κ1) is 17.7. The molecule has 4 rings (SSSR count). The van der Waals surface area contributed by atoms with Crippen LogP contribution >= 0.6 is 0 Å². The smallest absolute Gasteiger partial charge is 0.253 e. The molecule has 8 heteroatoms. The maximum absolute atomic E-state index is 12.4. The fourth-order valence-corrected chi connectivity index (χ4v) is 4.98. The number of imidazole rings is 1. The molecule has 1 N–H and O–H groups in total. The Kier molecular flexibility index (Phi) is 4.65. The zero-order valence-electron chi connectivity index (χ0n) is 14.7. The number of aryl methyl sites for hydroxylation is 2. The number of rotatable bonds is 5. The topological polar surface area (TPSA) is 93.9 Å². The highest BCUT2D eigenvalue weighted by Gasteiger charge is 2.29. The van der Waals surface area contributed by atoms with Crippen LogP contribution in [0.1, 0.15) is 22.3 Å². The molecule has 1 atom stereocenters. The summed E-state index contributed by atoms with van der Waals surface area (Å²) in [6.45, 7) is 0.749. The van der Waals surface area contributed by atoms with E-state index in [0.717, 1.165) is 18.6 Å². The molecule has 1 aliphatic rings. The molecule has 1 unspecified atom stereocenters. The molecule has 1 aromatic carbocycles. The lowest BCUT2D eigenvalue weighted by atomic mass is 10.1. The minimum Gasteiger partial charge on any atom is -0.348 e. The average Bonchev–Trinajstić information content (AvgIpc) is 3.22. The molecule has 0 bridgehead atoms. The van der Waals surface area contributed by atoms with Gasteiger partial charge < -0.3 is 9.88 Å². The number of pyridine rings is 1. The number of aromatic nitrogens is 3. The van der Waals surface area contributed by atoms with Crippen molar-refractivity contribution in [3.8, 4) is 0 Å². The van der Waals surface area contributed by atoms with Crippen LogP contribution in [0.25, 0.3) is 11.2 Å². The molecule has 3 heterocycles. The van der Waals surface area contributed by atoms with Gasteiger partial charge in [0.15, 0.2) is 15.5 Å². The highest BCUT2D eigenvalue weighted by molar-refractivity contribution is 7.91. The molecule has 1 saturated heterocycles. The van der Waals surface area contributed by atoms with Crippen molar-refractivity contribution in [3.63, 3.8) is 0 Å². The lowest BCUT2D eigenvalue weighted by Gasteiger charge is -2.10. The molecular formula is C19H20N4O3S. The number of nitrogens with zero attached hydrogens (tertiary/aromatic N) is 3. The maximum Gasteiger partial charge on any atom is 0.253 e. The lowest BCUT2D eigenvalue weighted by Crippen LogP contribution is -2.35. The van der Waals surface area contributed by atoms with Gasteiger partial charge in [0.05, 0.1) is 23.4 Å². The zero-order valence-corrected chi connectivity index (χ0v) is 15.5. The van der Waals surface area contributed by atoms with Gasteiger partial charge in [-0.15, -0.1) is 0 Å². The zero-order chi connectivity index (χ0) is 18.9. The summed E-state index contributed by atoms with van der Waals surface area (Å²) < 4.78 is 25.0. The Morgan fingerprint density at radius 2 is 2.04 bits per heavy atom. The third-order valence-corrected chi connectivity index (χ3v) is 6.54. The van der Waals surface area contributed by atoms with Crippen molar-refractivity contribution in [1.29, 1.82) is 0 Å². The number of carbonyl (C=O) groups is 1. The Bertz CT molecular complexity index is 1080. The minimum absolute atomic E-state index is 0.00251. The average molecular weight is 384 g/mol. The van der Waals surface area contributed by atoms with Gasteiger partial charge in [-0.2, -0.15) is 0 Å². The third-order valence-electron chi connectivity index (χ3n) is 4.77. The number of carbonyl (C=O) groups excluding carboxylic acids is 1. The number of hydrogen-bond acceptors (Lipinski definition) is 5. The molecule has 1 aliphatic heterocycles. The molecule has 0 spiro atoms. The van der Waals surface area contributed by atoms with E-state index < -0.39 is 9.84 Å². The second-order valence-electron chi connectivity index (χ2n) is 6.81. The lowest BCUT2D eigenvalue weighted by molar-refractivity contribution is 0.0941. The van der Waals surface area contributed by atoms with E-state index in [-0.39, 0.29) is 23.5 Å². The van der Waals surface area contributed by atoms with E-state index in [9.17, 15) is 13.2 Å². The van der Waals surface area contributed by atoms with Crippen molar-refractivity contribution in [2.45, 2.75) is 25.4 Å². The minimum atomic E-state index is -3.03. The molecule has 7 nitrogen and oxygen atoms in total. The summed E-state index contributed by atoms with van der Waals surface area (Å²) in [4.78, 5) is 21.1. The molecule has 0 aliphatic carbocycles. The third kappa shape index (κ3) is 4.00. The van der Waals surface area contributed by atoms with E-state index in [1.807, 2.05) is 22.8 Å². The van der Waals surface area contributed by atoms with Crippen LogP contribution in [-0.4, -0.2) is 46.4 Å². The van der Waals surface area contributed by atoms with Crippen molar-refractivity contribution in [2.75, 3.05) is 11.5 Å². The second kappa shape index (κ2) is 7.11. The van der Waals surface area contributed by atoms with Gasteiger partial charge in [-0.25, -0.2) is 18.4 Å². The first-order valence-electron chi connectivity index (χ1n) is 8.86. The van der Waals surface area contributed by atoms with E-state index in [2.05, 4.69) is 27.4 Å². The van der Waals surface area contributed by atoms with Crippen molar-refractivity contribution in [3.05, 3.63) is 60.0 Å². The SMILES string of the molecule is O=C(NC1CCS(=O)(=O)C1)c1cnc2c(c1)ncn2CCc1ccccc1. The monoisotopic (exact) mass is 384 g/mol. The van der Waals surface area contributed by atoms with Gasteiger partial charge in [-0.05, 0) is 24.5 Å². The summed E-state index contributed by atoms with van der Waals surface area (Å²) in [6, 6.07) is 11.5. The van der Waals surface area contributed by atoms with E-state index in [1.54, 1.807) is 12.4 Å². The Morgan fingerprint density at radius 3 is 2.78 bits per heavy atom. The summed E-state index contributed by atoms with van der Waals surface area (Å²) in [7, 11) is -3.03. The van der Waals surface area contributed by atoms with E-state index in [1.165, 1.54) is 11.8 Å². The molecule has 1 fully saturated rings. The predicted molar refractivity (Wildman–Crippen MR) is 102 cm³/mol. The molecule has 3 aromatic rings. The largest absolute Gasteiger partial charge is 0.348 e. The molecule has 2 aromatic heterocycles. The van der Waals surface area contributed by atoms with Crippen LogP contribution in [-0.2, 0) is 22.8 Å². The number of amides is 1. The fraction of sp³-hybridized carbons (Fsp3) is 0.316. The summed E-state index contributed by atoms with van der Waals surface area (Å²) >= 11 is 0. The van der Waals surface area contributed by atoms with Crippen LogP contribution in [0.15, 0.2) is 48.9 Å². The number of benzene rings is 1. The first-order chi connectivity index (χ1) is 13.0. The van der Waals surface area contributed by atoms with Gasteiger partial charge in [-0.1, -0.05) is 30.3 Å². The van der Waals surface area contributed by atoms with E-state index >= 15 is 0 Å². The normalized spacial score (nSPS) is 18.6. The number of sulfone groups is 1. The maximum atomic E-state index is 12.4.